The summed E-state index contributed by atoms with van der Waals surface area (Å²) in [5, 5.41) is 10.2. The van der Waals surface area contributed by atoms with Crippen molar-refractivity contribution in [3.8, 4) is 0 Å². The van der Waals surface area contributed by atoms with E-state index in [9.17, 15) is 13.6 Å². The van der Waals surface area contributed by atoms with E-state index in [4.69, 9.17) is 5.73 Å². The van der Waals surface area contributed by atoms with E-state index in [1.54, 1.807) is 15.3 Å². The Morgan fingerprint density at radius 1 is 1.37 bits per heavy atom. The maximum Gasteiger partial charge on any atom is 0.248 e. The van der Waals surface area contributed by atoms with Gasteiger partial charge in [-0.05, 0) is 19.8 Å². The molecule has 4 rings (SSSR count). The predicted molar refractivity (Wildman–Crippen MR) is 107 cm³/mol. The lowest BCUT2D eigenvalue weighted by molar-refractivity contribution is -0.116. The van der Waals surface area contributed by atoms with Crippen LogP contribution in [0.2, 0.25) is 0 Å². The van der Waals surface area contributed by atoms with Crippen LogP contribution in [0.1, 0.15) is 25.5 Å². The van der Waals surface area contributed by atoms with Gasteiger partial charge in [-0.25, -0.2) is 18.4 Å². The molecular weight excluding hydrogens is 396 g/mol. The standard InChI is InChI=1S/C18H23F2N9O/c1-3-29-12(4-10(2)27-29)24-13(30)8-28-9-23-14-15(25-17(21)26-16(14)28)22-7-11-5-18(19,20)6-11/h4,9,11H,3,5-8H2,1-2H3,(H,24,30)(H3,21,22,25,26). The molecule has 1 aliphatic rings. The van der Waals surface area contributed by atoms with Gasteiger partial charge in [-0.3, -0.25) is 4.79 Å². The minimum Gasteiger partial charge on any atom is -0.368 e. The molecule has 0 bridgehead atoms. The molecule has 3 aromatic rings. The Hall–Kier alpha value is -3.31. The number of anilines is 3. The van der Waals surface area contributed by atoms with Crippen LogP contribution in [0.15, 0.2) is 12.4 Å². The first kappa shape index (κ1) is 20.0. The summed E-state index contributed by atoms with van der Waals surface area (Å²) in [6, 6.07) is 1.79. The van der Waals surface area contributed by atoms with Gasteiger partial charge in [0.2, 0.25) is 17.8 Å². The largest absolute Gasteiger partial charge is 0.368 e. The van der Waals surface area contributed by atoms with Gasteiger partial charge in [-0.15, -0.1) is 0 Å². The molecule has 1 saturated carbocycles. The number of hydrogen-bond donors (Lipinski definition) is 3. The number of rotatable bonds is 7. The van der Waals surface area contributed by atoms with Gasteiger partial charge in [0.25, 0.3) is 0 Å². The summed E-state index contributed by atoms with van der Waals surface area (Å²) in [5.74, 6) is -2.00. The van der Waals surface area contributed by atoms with E-state index < -0.39 is 5.92 Å². The zero-order chi connectivity index (χ0) is 21.5. The van der Waals surface area contributed by atoms with Crippen LogP contribution < -0.4 is 16.4 Å². The van der Waals surface area contributed by atoms with Gasteiger partial charge in [0.05, 0.1) is 12.0 Å². The van der Waals surface area contributed by atoms with Crippen molar-refractivity contribution in [2.75, 3.05) is 22.9 Å². The zero-order valence-corrected chi connectivity index (χ0v) is 16.7. The molecule has 1 aliphatic carbocycles. The number of aromatic nitrogens is 6. The number of amides is 1. The second-order valence-corrected chi connectivity index (χ2v) is 7.52. The number of imidazole rings is 1. The smallest absolute Gasteiger partial charge is 0.248 e. The molecule has 4 N–H and O–H groups in total. The molecule has 0 aliphatic heterocycles. The second kappa shape index (κ2) is 7.50. The van der Waals surface area contributed by atoms with E-state index in [2.05, 4.69) is 30.7 Å². The van der Waals surface area contributed by atoms with Crippen LogP contribution in [0.25, 0.3) is 11.2 Å². The van der Waals surface area contributed by atoms with Crippen LogP contribution >= 0.6 is 0 Å². The van der Waals surface area contributed by atoms with Gasteiger partial charge in [-0.1, -0.05) is 0 Å². The Morgan fingerprint density at radius 3 is 2.83 bits per heavy atom. The number of aryl methyl sites for hydroxylation is 2. The third-order valence-corrected chi connectivity index (χ3v) is 5.00. The summed E-state index contributed by atoms with van der Waals surface area (Å²) in [6.45, 7) is 4.72. The van der Waals surface area contributed by atoms with Crippen molar-refractivity contribution in [3.63, 3.8) is 0 Å². The number of alkyl halides is 2. The fourth-order valence-corrected chi connectivity index (χ4v) is 3.59. The minimum atomic E-state index is -2.58. The Bertz CT molecular complexity index is 1080. The summed E-state index contributed by atoms with van der Waals surface area (Å²) in [5.41, 5.74) is 7.43. The van der Waals surface area contributed by atoms with E-state index >= 15 is 0 Å². The van der Waals surface area contributed by atoms with Gasteiger partial charge in [0.1, 0.15) is 12.4 Å². The van der Waals surface area contributed by atoms with E-state index in [0.717, 1.165) is 5.69 Å². The Labute approximate surface area is 170 Å². The van der Waals surface area contributed by atoms with Crippen molar-refractivity contribution in [3.05, 3.63) is 18.1 Å². The third-order valence-electron chi connectivity index (χ3n) is 5.00. The van der Waals surface area contributed by atoms with Crippen LogP contribution in [0.3, 0.4) is 0 Å². The lowest BCUT2D eigenvalue weighted by Gasteiger charge is -2.34. The predicted octanol–water partition coefficient (Wildman–Crippen LogP) is 2.03. The van der Waals surface area contributed by atoms with Crippen LogP contribution in [-0.4, -0.2) is 47.7 Å². The van der Waals surface area contributed by atoms with Gasteiger partial charge < -0.3 is 20.9 Å². The fraction of sp³-hybridized carbons (Fsp3) is 0.500. The molecule has 0 saturated heterocycles. The first-order valence-electron chi connectivity index (χ1n) is 9.68. The van der Waals surface area contributed by atoms with Crippen molar-refractivity contribution in [1.29, 1.82) is 0 Å². The summed E-state index contributed by atoms with van der Waals surface area (Å²) in [7, 11) is 0. The van der Waals surface area contributed by atoms with Crippen molar-refractivity contribution in [2.45, 2.75) is 45.7 Å². The van der Waals surface area contributed by atoms with Gasteiger partial charge in [-0.2, -0.15) is 15.1 Å². The van der Waals surface area contributed by atoms with Gasteiger partial charge in [0.15, 0.2) is 17.0 Å². The van der Waals surface area contributed by atoms with Crippen molar-refractivity contribution >= 4 is 34.7 Å². The normalized spacial score (nSPS) is 15.9. The highest BCUT2D eigenvalue weighted by Gasteiger charge is 2.44. The Kier molecular flexibility index (Phi) is 5.00. The summed E-state index contributed by atoms with van der Waals surface area (Å²) in [4.78, 5) is 25.1. The third kappa shape index (κ3) is 4.02. The number of carbonyl (C=O) groups excluding carboxylic acids is 1. The SMILES string of the molecule is CCn1nc(C)cc1NC(=O)Cn1cnc2c(NCC3CC(F)(F)C3)nc(N)nc21. The highest BCUT2D eigenvalue weighted by atomic mass is 19.3. The number of nitrogens with two attached hydrogens (primary N) is 1. The first-order chi connectivity index (χ1) is 14.2. The number of nitrogens with one attached hydrogen (secondary N) is 2. The molecule has 0 aromatic carbocycles. The lowest BCUT2D eigenvalue weighted by atomic mass is 9.81. The van der Waals surface area contributed by atoms with Crippen molar-refractivity contribution in [1.82, 2.24) is 29.3 Å². The monoisotopic (exact) mass is 419 g/mol. The molecule has 3 heterocycles. The summed E-state index contributed by atoms with van der Waals surface area (Å²) < 4.78 is 29.3. The number of carbonyl (C=O) groups is 1. The van der Waals surface area contributed by atoms with Crippen LogP contribution in [-0.2, 0) is 17.9 Å². The molecular formula is C18H23F2N9O. The van der Waals surface area contributed by atoms with E-state index in [0.29, 0.717) is 35.9 Å². The average Bonchev–Trinajstić information content (AvgIpc) is 3.20. The highest BCUT2D eigenvalue weighted by molar-refractivity contribution is 5.91. The fourth-order valence-electron chi connectivity index (χ4n) is 3.59. The highest BCUT2D eigenvalue weighted by Crippen LogP contribution is 2.42. The van der Waals surface area contributed by atoms with Crippen LogP contribution in [0.4, 0.5) is 26.4 Å². The van der Waals surface area contributed by atoms with Crippen LogP contribution in [0.5, 0.6) is 0 Å². The Morgan fingerprint density at radius 2 is 2.13 bits per heavy atom. The van der Waals surface area contributed by atoms with E-state index in [1.165, 1.54) is 6.33 Å². The molecule has 0 radical (unpaired) electrons. The zero-order valence-electron chi connectivity index (χ0n) is 16.7. The Balaban J connectivity index is 1.48. The summed E-state index contributed by atoms with van der Waals surface area (Å²) >= 11 is 0. The lowest BCUT2D eigenvalue weighted by Crippen LogP contribution is -2.39. The van der Waals surface area contributed by atoms with Gasteiger partial charge in [0, 0.05) is 32.0 Å². The minimum absolute atomic E-state index is 0.00535. The number of nitrogens with zero attached hydrogens (tertiary/aromatic N) is 6. The van der Waals surface area contributed by atoms with Crippen molar-refractivity contribution in [2.24, 2.45) is 5.92 Å². The molecule has 0 unspecified atom stereocenters. The molecule has 1 amide bonds. The molecule has 30 heavy (non-hydrogen) atoms. The molecule has 1 fully saturated rings. The van der Waals surface area contributed by atoms with Crippen molar-refractivity contribution < 1.29 is 13.6 Å². The topological polar surface area (TPSA) is 129 Å². The molecule has 160 valence electrons. The van der Waals surface area contributed by atoms with Crippen LogP contribution in [0, 0.1) is 12.8 Å². The molecule has 0 spiro atoms. The average molecular weight is 419 g/mol. The molecule has 10 nitrogen and oxygen atoms in total. The number of halogens is 2. The first-order valence-corrected chi connectivity index (χ1v) is 9.68. The second-order valence-electron chi connectivity index (χ2n) is 7.52. The quantitative estimate of drug-likeness (QED) is 0.534. The molecule has 12 heteroatoms. The van der Waals surface area contributed by atoms with Gasteiger partial charge >= 0.3 is 0 Å². The molecule has 3 aromatic heterocycles. The van der Waals surface area contributed by atoms with E-state index in [1.807, 2.05) is 13.8 Å². The number of fused-ring (bicyclic) bond motifs is 1. The number of hydrogen-bond acceptors (Lipinski definition) is 7. The summed E-state index contributed by atoms with van der Waals surface area (Å²) in [6.07, 6.45) is 1.18. The van der Waals surface area contributed by atoms with E-state index in [-0.39, 0.29) is 37.2 Å². The number of nitrogen functional groups attached to an aromatic ring is 1. The maximum absolute atomic E-state index is 13.0. The molecule has 0 atom stereocenters. The maximum atomic E-state index is 13.0.